The van der Waals surface area contributed by atoms with Crippen LogP contribution in [0.5, 0.6) is 28.7 Å². The summed E-state index contributed by atoms with van der Waals surface area (Å²) in [5.74, 6) is -9.27. The molecule has 4 aliphatic rings. The number of anilines is 1. The number of unbranched alkanes of at least 4 members (excludes halogenated alkanes) is 3. The Balaban J connectivity index is 0.00000431. The first-order chi connectivity index (χ1) is 36.8. The maximum absolute atomic E-state index is 15.0. The molecular weight excluding hydrogens is 1190 g/mol. The number of benzene rings is 3. The van der Waals surface area contributed by atoms with Crippen LogP contribution in [-0.4, -0.2) is 158 Å². The molecule has 3 heterocycles. The van der Waals surface area contributed by atoms with E-state index in [0.29, 0.717) is 37.5 Å². The van der Waals surface area contributed by atoms with Crippen molar-refractivity contribution in [3.8, 4) is 28.7 Å². The standard InChI is InChI=1S/C52H56F2N6O16S.4K/c53-32-19-30-39(21-36(32)61)76-40-22-37(62)33(54)20-31(40)49(30)28-11-12-35(59(23-45(65)66)24-46(67)68)41(17-28)75-16-15-74-38-8-6-7-29(51(38)60(25-47(69)70)26-48(71)72)18-44(64)56-14-5-1-4-13-55-43(63)10-3-2-9-42-50-34(27-77-42)57-52(73)58-50;;;;/h6-8,11-12,17,19-22,34,42,50H,1-5,9-10,13-16,18,23-27H2,(H9,55,56,57,58,61,62,63,64,65,66,67,68,69,70,71,72,73);;;;/q;4*+1/p+1. The number of hydrogen-bond donors (Lipinski definition) is 10. The van der Waals surface area contributed by atoms with E-state index in [1.54, 1.807) is 0 Å². The Hall–Kier alpha value is -1.80. The van der Waals surface area contributed by atoms with Crippen LogP contribution >= 0.6 is 11.8 Å². The van der Waals surface area contributed by atoms with Gasteiger partial charge in [0.1, 0.15) is 43.6 Å². The number of hydrogen-bond acceptors (Lipinski definition) is 14. The Labute approximate surface area is 638 Å². The van der Waals surface area contributed by atoms with E-state index >= 15 is 0 Å². The van der Waals surface area contributed by atoms with Crippen molar-refractivity contribution < 1.29 is 297 Å². The van der Waals surface area contributed by atoms with Crippen LogP contribution in [0.25, 0.3) is 5.57 Å². The second-order valence-electron chi connectivity index (χ2n) is 18.3. The first-order valence-electron chi connectivity index (χ1n) is 24.6. The Morgan fingerprint density at radius 3 is 1.93 bits per heavy atom. The molecule has 3 unspecified atom stereocenters. The number of amides is 4. The molecule has 7 rings (SSSR count). The van der Waals surface area contributed by atoms with E-state index in [2.05, 4.69) is 21.3 Å². The number of nitrogens with one attached hydrogen (secondary N) is 4. The molecule has 0 saturated carbocycles. The van der Waals surface area contributed by atoms with E-state index in [1.165, 1.54) is 36.4 Å². The van der Waals surface area contributed by atoms with E-state index in [-0.39, 0.29) is 311 Å². The third kappa shape index (κ3) is 21.2. The number of carboxylic acid groups (broad SMARTS) is 4. The number of carbonyl (C=O) groups is 7. The van der Waals surface area contributed by atoms with Crippen molar-refractivity contribution in [3.05, 3.63) is 100 Å². The molecule has 2 fully saturated rings. The summed E-state index contributed by atoms with van der Waals surface area (Å²) in [5, 5.41) is 71.4. The third-order valence-electron chi connectivity index (χ3n) is 12.7. The SMILES string of the molecule is O=C(O)CN(CC(=O)O)c1c(CC(=O)NCCCCCNC(=O)CCCCC2SCC3NC(=O)NC32)cccc1OCCOC1=CC(=C2c3cc(F)c(O)cc3Oc3cc(O)c(F)cc32)C=CC1=[N+](CC(=O)O)CC(=O)O.[K+].[K+].[K+].[K+]. The molecule has 3 aromatic rings. The molecule has 0 spiro atoms. The van der Waals surface area contributed by atoms with E-state index in [9.17, 15) is 73.0 Å². The van der Waals surface area contributed by atoms with Crippen molar-refractivity contribution in [2.24, 2.45) is 0 Å². The number of carbonyl (C=O) groups excluding carboxylic acids is 3. The number of rotatable bonds is 27. The number of aromatic hydroxyl groups is 2. The molecule has 3 aromatic carbocycles. The predicted molar refractivity (Wildman–Crippen MR) is 273 cm³/mol. The van der Waals surface area contributed by atoms with E-state index in [1.807, 2.05) is 11.8 Å². The Morgan fingerprint density at radius 1 is 0.741 bits per heavy atom. The van der Waals surface area contributed by atoms with E-state index in [0.717, 1.165) is 58.8 Å². The van der Waals surface area contributed by atoms with Crippen molar-refractivity contribution in [3.63, 3.8) is 0 Å². The van der Waals surface area contributed by atoms with Crippen LogP contribution in [0, 0.1) is 11.6 Å². The number of urea groups is 1. The van der Waals surface area contributed by atoms with Gasteiger partial charge in [-0.25, -0.2) is 27.7 Å². The van der Waals surface area contributed by atoms with Crippen molar-refractivity contribution in [2.45, 2.75) is 68.7 Å². The number of nitrogens with zero attached hydrogens (tertiary/aromatic N) is 2. The summed E-state index contributed by atoms with van der Waals surface area (Å²) >= 11 is 1.83. The molecule has 1 aliphatic carbocycles. The molecule has 10 N–H and O–H groups in total. The first kappa shape index (κ1) is 73.5. The van der Waals surface area contributed by atoms with E-state index in [4.69, 9.17) is 14.2 Å². The van der Waals surface area contributed by atoms with Gasteiger partial charge in [-0.1, -0.05) is 18.6 Å². The summed E-state index contributed by atoms with van der Waals surface area (Å²) in [4.78, 5) is 86.4. The van der Waals surface area contributed by atoms with Crippen molar-refractivity contribution in [1.82, 2.24) is 21.3 Å². The normalized spacial score (nSPS) is 16.1. The van der Waals surface area contributed by atoms with Crippen molar-refractivity contribution in [2.75, 3.05) is 63.1 Å². The topological polar surface area (TPSA) is 323 Å². The average molecular weight is 1250 g/mol. The second kappa shape index (κ2) is 35.7. The van der Waals surface area contributed by atoms with Crippen LogP contribution in [0.1, 0.15) is 61.6 Å². The molecular formula is C52H57F2K4N6O16S+5. The van der Waals surface area contributed by atoms with Gasteiger partial charge in [0.05, 0.1) is 24.2 Å². The van der Waals surface area contributed by atoms with Gasteiger partial charge in [0, 0.05) is 65.4 Å². The van der Waals surface area contributed by atoms with Crippen molar-refractivity contribution >= 4 is 70.5 Å². The Kier molecular flexibility index (Phi) is 32.4. The molecule has 3 atom stereocenters. The van der Waals surface area contributed by atoms with Gasteiger partial charge in [-0.3, -0.25) is 19.2 Å². The number of para-hydroxylation sites is 1. The number of phenols is 2. The fourth-order valence-electron chi connectivity index (χ4n) is 9.33. The Morgan fingerprint density at radius 2 is 1.33 bits per heavy atom. The first-order valence-corrected chi connectivity index (χ1v) is 25.6. The quantitative estimate of drug-likeness (QED) is 0.0115. The van der Waals surface area contributed by atoms with Crippen LogP contribution in [0.4, 0.5) is 19.3 Å². The van der Waals surface area contributed by atoms with Crippen molar-refractivity contribution in [1.29, 1.82) is 0 Å². The molecule has 0 bridgehead atoms. The van der Waals surface area contributed by atoms with Crippen LogP contribution in [0.2, 0.25) is 0 Å². The summed E-state index contributed by atoms with van der Waals surface area (Å²) < 4.78 is 48.9. The number of allylic oxidation sites excluding steroid dienone is 4. The molecule has 0 radical (unpaired) electrons. The molecule has 3 aliphatic heterocycles. The van der Waals surface area contributed by atoms with Gasteiger partial charge in [0.2, 0.25) is 30.6 Å². The number of phenolic OH excluding ortho intramolecular Hbond substituents is 2. The van der Waals surface area contributed by atoms with Gasteiger partial charge in [-0.15, -0.1) is 0 Å². The maximum atomic E-state index is 15.0. The number of aliphatic carboxylic acids is 4. The molecule has 29 heteroatoms. The summed E-state index contributed by atoms with van der Waals surface area (Å²) in [7, 11) is 0. The fourth-order valence-corrected chi connectivity index (χ4v) is 10.9. The number of ether oxygens (including phenoxy) is 3. The van der Waals surface area contributed by atoms with Gasteiger partial charge in [-0.05, 0) is 73.6 Å². The second-order valence-corrected chi connectivity index (χ2v) is 19.6. The van der Waals surface area contributed by atoms with E-state index < -0.39 is 85.7 Å². The molecule has 81 heavy (non-hydrogen) atoms. The van der Waals surface area contributed by atoms with Gasteiger partial charge in [0.15, 0.2) is 28.9 Å². The van der Waals surface area contributed by atoms with Gasteiger partial charge in [-0.2, -0.15) is 11.8 Å². The Bertz CT molecular complexity index is 2880. The predicted octanol–water partition coefficient (Wildman–Crippen LogP) is -7.88. The third-order valence-corrected chi connectivity index (χ3v) is 14.2. The zero-order chi connectivity index (χ0) is 55.3. The molecule has 22 nitrogen and oxygen atoms in total. The zero-order valence-electron chi connectivity index (χ0n) is 45.4. The minimum absolute atomic E-state index is 0. The van der Waals surface area contributed by atoms with Gasteiger partial charge < -0.3 is 71.0 Å². The molecule has 2 saturated heterocycles. The monoisotopic (exact) mass is 1250 g/mol. The van der Waals surface area contributed by atoms with Crippen LogP contribution in [0.15, 0.2) is 72.0 Å². The molecule has 410 valence electrons. The fraction of sp³-hybridized carbons (Fsp3) is 0.385. The average Bonchev–Trinajstić information content (AvgIpc) is 3.92. The summed E-state index contributed by atoms with van der Waals surface area (Å²) in [6, 6.07) is 8.41. The zero-order valence-corrected chi connectivity index (χ0v) is 58.7. The molecule has 4 amide bonds. The number of fused-ring (bicyclic) bond motifs is 3. The van der Waals surface area contributed by atoms with Gasteiger partial charge >= 0.3 is 235 Å². The van der Waals surface area contributed by atoms with Crippen LogP contribution in [0.3, 0.4) is 0 Å². The minimum Gasteiger partial charge on any atom is -0.505 e. The van der Waals surface area contributed by atoms with Gasteiger partial charge in [0.25, 0.3) is 0 Å². The maximum Gasteiger partial charge on any atom is 1.00 e. The smallest absolute Gasteiger partial charge is 0.505 e. The number of carboxylic acids is 4. The summed E-state index contributed by atoms with van der Waals surface area (Å²) in [6.07, 6.45) is 8.58. The van der Waals surface area contributed by atoms with Crippen LogP contribution < -0.4 is 241 Å². The number of thioether (sulfide) groups is 1. The largest absolute Gasteiger partial charge is 1.00 e. The minimum atomic E-state index is -1.40. The number of halogens is 2. The summed E-state index contributed by atoms with van der Waals surface area (Å²) in [5.41, 5.74) is 0.471. The molecule has 0 aromatic heterocycles. The summed E-state index contributed by atoms with van der Waals surface area (Å²) in [6.45, 7) is -3.29. The van der Waals surface area contributed by atoms with Crippen LogP contribution in [-0.2, 0) is 39.9 Å².